The molecule has 2 amide bonds. The van der Waals surface area contributed by atoms with E-state index in [4.69, 9.17) is 0 Å². The van der Waals surface area contributed by atoms with Crippen LogP contribution in [-0.2, 0) is 6.42 Å². The Bertz CT molecular complexity index is 1210. The molecule has 0 saturated carbocycles. The lowest BCUT2D eigenvalue weighted by Gasteiger charge is -2.09. The van der Waals surface area contributed by atoms with Crippen LogP contribution >= 0.6 is 0 Å². The SMILES string of the molecule is Cc1ccccc1NC(=O)c1cccc(C(=O)NCCc2c[nH]c3ccccc23)n1. The van der Waals surface area contributed by atoms with E-state index in [1.54, 1.807) is 18.2 Å². The van der Waals surface area contributed by atoms with Crippen LogP contribution in [0.3, 0.4) is 0 Å². The van der Waals surface area contributed by atoms with Crippen LogP contribution < -0.4 is 10.6 Å². The molecule has 6 heteroatoms. The first-order valence-corrected chi connectivity index (χ1v) is 9.79. The third-order valence-corrected chi connectivity index (χ3v) is 4.96. The smallest absolute Gasteiger partial charge is 0.274 e. The van der Waals surface area contributed by atoms with Crippen molar-refractivity contribution in [2.45, 2.75) is 13.3 Å². The summed E-state index contributed by atoms with van der Waals surface area (Å²) >= 11 is 0. The first-order valence-electron chi connectivity index (χ1n) is 9.79. The maximum absolute atomic E-state index is 12.5. The fourth-order valence-electron chi connectivity index (χ4n) is 3.33. The standard InChI is InChI=1S/C24H22N4O2/c1-16-7-2-4-9-19(16)28-24(30)22-12-6-11-21(27-22)23(29)25-14-13-17-15-26-20-10-5-3-8-18(17)20/h2-12,15,26H,13-14H2,1H3,(H,25,29)(H,28,30). The average Bonchev–Trinajstić information content (AvgIpc) is 3.18. The number of anilines is 1. The van der Waals surface area contributed by atoms with Gasteiger partial charge >= 0.3 is 0 Å². The van der Waals surface area contributed by atoms with Crippen molar-refractivity contribution in [2.24, 2.45) is 0 Å². The van der Waals surface area contributed by atoms with Gasteiger partial charge < -0.3 is 15.6 Å². The lowest BCUT2D eigenvalue weighted by molar-refractivity contribution is 0.0949. The number of nitrogens with zero attached hydrogens (tertiary/aromatic N) is 1. The van der Waals surface area contributed by atoms with E-state index >= 15 is 0 Å². The van der Waals surface area contributed by atoms with Crippen LogP contribution in [0.2, 0.25) is 0 Å². The summed E-state index contributed by atoms with van der Waals surface area (Å²) in [7, 11) is 0. The van der Waals surface area contributed by atoms with Gasteiger partial charge in [-0.15, -0.1) is 0 Å². The summed E-state index contributed by atoms with van der Waals surface area (Å²) in [5.74, 6) is -0.655. The lowest BCUT2D eigenvalue weighted by atomic mass is 10.1. The van der Waals surface area contributed by atoms with E-state index < -0.39 is 0 Å². The molecule has 150 valence electrons. The number of carbonyl (C=O) groups is 2. The number of benzene rings is 2. The second kappa shape index (κ2) is 8.61. The number of aromatic amines is 1. The summed E-state index contributed by atoms with van der Waals surface area (Å²) in [5, 5.41) is 6.87. The van der Waals surface area contributed by atoms with Crippen LogP contribution in [0.1, 0.15) is 32.1 Å². The summed E-state index contributed by atoms with van der Waals surface area (Å²) in [6.07, 6.45) is 2.66. The molecule has 0 spiro atoms. The van der Waals surface area contributed by atoms with Crippen molar-refractivity contribution in [3.8, 4) is 0 Å². The molecule has 3 N–H and O–H groups in total. The van der Waals surface area contributed by atoms with Gasteiger partial charge in [-0.05, 0) is 48.7 Å². The monoisotopic (exact) mass is 398 g/mol. The number of para-hydroxylation sites is 2. The minimum Gasteiger partial charge on any atom is -0.361 e. The van der Waals surface area contributed by atoms with E-state index in [1.165, 1.54) is 0 Å². The Balaban J connectivity index is 1.38. The molecule has 0 aliphatic rings. The van der Waals surface area contributed by atoms with E-state index in [9.17, 15) is 9.59 Å². The van der Waals surface area contributed by atoms with Crippen LogP contribution in [0, 0.1) is 6.92 Å². The van der Waals surface area contributed by atoms with Crippen molar-refractivity contribution in [1.29, 1.82) is 0 Å². The van der Waals surface area contributed by atoms with Gasteiger partial charge in [0.15, 0.2) is 0 Å². The first kappa shape index (κ1) is 19.4. The summed E-state index contributed by atoms with van der Waals surface area (Å²) in [6.45, 7) is 2.39. The number of rotatable bonds is 6. The van der Waals surface area contributed by atoms with E-state index in [2.05, 4.69) is 26.7 Å². The molecule has 2 aromatic heterocycles. The molecule has 4 rings (SSSR count). The minimum atomic E-state index is -0.349. The molecule has 2 heterocycles. The Morgan fingerprint density at radius 3 is 2.47 bits per heavy atom. The molecule has 30 heavy (non-hydrogen) atoms. The number of aromatic nitrogens is 2. The highest BCUT2D eigenvalue weighted by atomic mass is 16.2. The van der Waals surface area contributed by atoms with Crippen molar-refractivity contribution in [3.05, 3.63) is 95.4 Å². The molecule has 0 aliphatic carbocycles. The fraction of sp³-hybridized carbons (Fsp3) is 0.125. The normalized spacial score (nSPS) is 10.7. The Morgan fingerprint density at radius 2 is 1.63 bits per heavy atom. The third kappa shape index (κ3) is 4.22. The van der Waals surface area contributed by atoms with E-state index in [-0.39, 0.29) is 23.2 Å². The Labute approximate surface area is 174 Å². The molecule has 0 saturated heterocycles. The van der Waals surface area contributed by atoms with Gasteiger partial charge in [0.05, 0.1) is 0 Å². The fourth-order valence-corrected chi connectivity index (χ4v) is 3.33. The van der Waals surface area contributed by atoms with Crippen LogP contribution in [0.15, 0.2) is 72.9 Å². The molecule has 0 atom stereocenters. The van der Waals surface area contributed by atoms with Gasteiger partial charge in [0.2, 0.25) is 0 Å². The molecule has 6 nitrogen and oxygen atoms in total. The van der Waals surface area contributed by atoms with Gasteiger partial charge in [-0.25, -0.2) is 4.98 Å². The number of H-pyrrole nitrogens is 1. The van der Waals surface area contributed by atoms with E-state index in [1.807, 2.05) is 55.6 Å². The van der Waals surface area contributed by atoms with Crippen molar-refractivity contribution in [3.63, 3.8) is 0 Å². The number of pyridine rings is 1. The molecule has 0 unspecified atom stereocenters. The number of hydrogen-bond acceptors (Lipinski definition) is 3. The van der Waals surface area contributed by atoms with Gasteiger partial charge in [0.25, 0.3) is 11.8 Å². The van der Waals surface area contributed by atoms with E-state index in [0.29, 0.717) is 13.0 Å². The minimum absolute atomic E-state index is 0.197. The lowest BCUT2D eigenvalue weighted by Crippen LogP contribution is -2.27. The molecule has 4 aromatic rings. The second-order valence-corrected chi connectivity index (χ2v) is 7.04. The highest BCUT2D eigenvalue weighted by molar-refractivity contribution is 6.04. The molecule has 0 radical (unpaired) electrons. The quantitative estimate of drug-likeness (QED) is 0.457. The molecule has 0 bridgehead atoms. The van der Waals surface area contributed by atoms with Gasteiger partial charge in [-0.3, -0.25) is 9.59 Å². The predicted molar refractivity (Wildman–Crippen MR) is 118 cm³/mol. The Kier molecular flexibility index (Phi) is 5.57. The zero-order valence-corrected chi connectivity index (χ0v) is 16.6. The van der Waals surface area contributed by atoms with Crippen molar-refractivity contribution in [1.82, 2.24) is 15.3 Å². The number of nitrogens with one attached hydrogen (secondary N) is 3. The van der Waals surface area contributed by atoms with Crippen molar-refractivity contribution >= 4 is 28.4 Å². The molecule has 2 aromatic carbocycles. The van der Waals surface area contributed by atoms with Crippen molar-refractivity contribution in [2.75, 3.05) is 11.9 Å². The molecule has 0 aliphatic heterocycles. The highest BCUT2D eigenvalue weighted by Gasteiger charge is 2.13. The maximum atomic E-state index is 12.5. The van der Waals surface area contributed by atoms with Crippen molar-refractivity contribution < 1.29 is 9.59 Å². The number of fused-ring (bicyclic) bond motifs is 1. The van der Waals surface area contributed by atoms with Gasteiger partial charge in [-0.1, -0.05) is 42.5 Å². The average molecular weight is 398 g/mol. The highest BCUT2D eigenvalue weighted by Crippen LogP contribution is 2.18. The molecular weight excluding hydrogens is 376 g/mol. The van der Waals surface area contributed by atoms with Gasteiger partial charge in [0.1, 0.15) is 11.4 Å². The molecule has 0 fully saturated rings. The second-order valence-electron chi connectivity index (χ2n) is 7.04. The zero-order valence-electron chi connectivity index (χ0n) is 16.6. The maximum Gasteiger partial charge on any atom is 0.274 e. The van der Waals surface area contributed by atoms with Gasteiger partial charge in [0, 0.05) is 29.3 Å². The summed E-state index contributed by atoms with van der Waals surface area (Å²) in [5.41, 5.74) is 4.31. The first-order chi connectivity index (χ1) is 14.6. The topological polar surface area (TPSA) is 86.9 Å². The van der Waals surface area contributed by atoms with Crippen LogP contribution in [0.4, 0.5) is 5.69 Å². The Morgan fingerprint density at radius 1 is 0.900 bits per heavy atom. The summed E-state index contributed by atoms with van der Waals surface area (Å²) in [6, 6.07) is 20.4. The zero-order chi connectivity index (χ0) is 20.9. The predicted octanol–water partition coefficient (Wildman–Crippen LogP) is 4.10. The number of carbonyl (C=O) groups excluding carboxylic acids is 2. The van der Waals surface area contributed by atoms with Crippen LogP contribution in [0.25, 0.3) is 10.9 Å². The largest absolute Gasteiger partial charge is 0.361 e. The summed E-state index contributed by atoms with van der Waals surface area (Å²) < 4.78 is 0. The summed E-state index contributed by atoms with van der Waals surface area (Å²) in [4.78, 5) is 32.5. The third-order valence-electron chi connectivity index (χ3n) is 4.96. The number of hydrogen-bond donors (Lipinski definition) is 3. The molecular formula is C24H22N4O2. The van der Waals surface area contributed by atoms with Crippen LogP contribution in [0.5, 0.6) is 0 Å². The van der Waals surface area contributed by atoms with Crippen LogP contribution in [-0.4, -0.2) is 28.3 Å². The van der Waals surface area contributed by atoms with Gasteiger partial charge in [-0.2, -0.15) is 0 Å². The number of amides is 2. The number of aryl methyl sites for hydroxylation is 1. The Hall–Kier alpha value is -3.93. The van der Waals surface area contributed by atoms with E-state index in [0.717, 1.165) is 27.7 Å².